The van der Waals surface area contributed by atoms with Gasteiger partial charge in [-0.15, -0.1) is 0 Å². The average molecular weight is 531 g/mol. The Hall–Kier alpha value is -5.24. The quantitative estimate of drug-likeness (QED) is 0.136. The highest BCUT2D eigenvalue weighted by Gasteiger charge is 2.12. The fourth-order valence-electron chi connectivity index (χ4n) is 4.94. The van der Waals surface area contributed by atoms with Gasteiger partial charge in [0.1, 0.15) is 22.5 Å². The van der Waals surface area contributed by atoms with E-state index in [1.54, 1.807) is 36.4 Å². The van der Waals surface area contributed by atoms with Crippen molar-refractivity contribution in [3.05, 3.63) is 84.9 Å². The number of rotatable bonds is 7. The molecular weight excluding hydrogens is 504 g/mol. The van der Waals surface area contributed by atoms with Gasteiger partial charge in [0.25, 0.3) is 0 Å². The van der Waals surface area contributed by atoms with Crippen molar-refractivity contribution in [3.8, 4) is 11.5 Å². The summed E-state index contributed by atoms with van der Waals surface area (Å²) < 4.78 is 0. The summed E-state index contributed by atoms with van der Waals surface area (Å²) in [6, 6.07) is 25.4. The monoisotopic (exact) mass is 530 g/mol. The molecule has 8 heteroatoms. The molecule has 0 saturated carbocycles. The van der Waals surface area contributed by atoms with Gasteiger partial charge in [0, 0.05) is 34.4 Å². The SMILES string of the molecule is O=C(CCCCC(=O)Nc1cccc2cc3cccc(O)c3nc12)Nc1cccc2cc3cccc(O)c3nc12. The summed E-state index contributed by atoms with van der Waals surface area (Å²) in [5, 5.41) is 29.6. The number of fused-ring (bicyclic) bond motifs is 4. The number of carbonyl (C=O) groups is 2. The van der Waals surface area contributed by atoms with Crippen LogP contribution in [0.25, 0.3) is 43.6 Å². The minimum absolute atomic E-state index is 0.0876. The maximum absolute atomic E-state index is 12.7. The number of nitrogens with one attached hydrogen (secondary N) is 2. The van der Waals surface area contributed by atoms with Crippen LogP contribution in [0.2, 0.25) is 0 Å². The highest BCUT2D eigenvalue weighted by atomic mass is 16.3. The highest BCUT2D eigenvalue weighted by molar-refractivity contribution is 6.05. The van der Waals surface area contributed by atoms with Gasteiger partial charge in [-0.05, 0) is 49.2 Å². The summed E-state index contributed by atoms with van der Waals surface area (Å²) in [4.78, 5) is 34.6. The third-order valence-electron chi connectivity index (χ3n) is 6.90. The first-order valence-electron chi connectivity index (χ1n) is 13.1. The van der Waals surface area contributed by atoms with Crippen LogP contribution in [0.15, 0.2) is 84.9 Å². The fraction of sp³-hybridized carbons (Fsp3) is 0.125. The van der Waals surface area contributed by atoms with Crippen molar-refractivity contribution in [1.82, 2.24) is 9.97 Å². The lowest BCUT2D eigenvalue weighted by molar-refractivity contribution is -0.118. The minimum Gasteiger partial charge on any atom is -0.506 e. The van der Waals surface area contributed by atoms with Crippen molar-refractivity contribution >= 4 is 66.8 Å². The second kappa shape index (κ2) is 10.5. The number of aromatic nitrogens is 2. The normalized spacial score (nSPS) is 11.3. The van der Waals surface area contributed by atoms with Gasteiger partial charge >= 0.3 is 0 Å². The number of hydrogen-bond acceptors (Lipinski definition) is 6. The molecule has 2 amide bonds. The van der Waals surface area contributed by atoms with Crippen LogP contribution < -0.4 is 10.6 Å². The zero-order valence-corrected chi connectivity index (χ0v) is 21.5. The largest absolute Gasteiger partial charge is 0.506 e. The Morgan fingerprint density at radius 2 is 0.925 bits per heavy atom. The van der Waals surface area contributed by atoms with Crippen molar-refractivity contribution in [2.24, 2.45) is 0 Å². The molecule has 40 heavy (non-hydrogen) atoms. The molecule has 0 saturated heterocycles. The van der Waals surface area contributed by atoms with Gasteiger partial charge < -0.3 is 20.8 Å². The number of anilines is 2. The van der Waals surface area contributed by atoms with Gasteiger partial charge in [0.15, 0.2) is 0 Å². The number of carbonyl (C=O) groups excluding carboxylic acids is 2. The molecule has 0 unspecified atom stereocenters. The van der Waals surface area contributed by atoms with E-state index in [2.05, 4.69) is 20.6 Å². The molecular formula is C32H26N4O4. The number of benzene rings is 4. The van der Waals surface area contributed by atoms with Gasteiger partial charge in [-0.25, -0.2) is 9.97 Å². The number of amides is 2. The average Bonchev–Trinajstić information content (AvgIpc) is 2.94. The molecule has 0 fully saturated rings. The third kappa shape index (κ3) is 4.94. The van der Waals surface area contributed by atoms with E-state index in [0.29, 0.717) is 46.3 Å². The Bertz CT molecular complexity index is 1800. The lowest BCUT2D eigenvalue weighted by Gasteiger charge is -2.11. The molecule has 8 nitrogen and oxygen atoms in total. The number of aromatic hydroxyl groups is 2. The summed E-state index contributed by atoms with van der Waals surface area (Å²) in [6.45, 7) is 0. The molecule has 2 heterocycles. The number of hydrogen-bond donors (Lipinski definition) is 4. The van der Waals surface area contributed by atoms with E-state index in [9.17, 15) is 19.8 Å². The van der Waals surface area contributed by atoms with Crippen LogP contribution in [0.1, 0.15) is 25.7 Å². The van der Waals surface area contributed by atoms with Crippen LogP contribution in [0.4, 0.5) is 11.4 Å². The van der Waals surface area contributed by atoms with Crippen molar-refractivity contribution in [1.29, 1.82) is 0 Å². The lowest BCUT2D eigenvalue weighted by atomic mass is 10.1. The molecule has 0 aliphatic rings. The first-order chi connectivity index (χ1) is 19.5. The van der Waals surface area contributed by atoms with E-state index >= 15 is 0 Å². The Morgan fingerprint density at radius 3 is 1.35 bits per heavy atom. The zero-order chi connectivity index (χ0) is 27.6. The molecule has 0 spiro atoms. The second-order valence-electron chi connectivity index (χ2n) is 9.73. The number of phenolic OH excluding ortho intramolecular Hbond substituents is 2. The van der Waals surface area contributed by atoms with Crippen LogP contribution in [0.3, 0.4) is 0 Å². The fourth-order valence-corrected chi connectivity index (χ4v) is 4.94. The summed E-state index contributed by atoms with van der Waals surface area (Å²) in [7, 11) is 0. The predicted octanol–water partition coefficient (Wildman–Crippen LogP) is 6.64. The Balaban J connectivity index is 1.07. The van der Waals surface area contributed by atoms with Gasteiger partial charge in [0.05, 0.1) is 22.4 Å². The maximum atomic E-state index is 12.7. The molecule has 4 aromatic carbocycles. The lowest BCUT2D eigenvalue weighted by Crippen LogP contribution is -2.14. The topological polar surface area (TPSA) is 124 Å². The number of pyridine rings is 2. The van der Waals surface area contributed by atoms with Crippen molar-refractivity contribution in [2.45, 2.75) is 25.7 Å². The molecule has 0 bridgehead atoms. The molecule has 0 radical (unpaired) electrons. The van der Waals surface area contributed by atoms with E-state index in [0.717, 1.165) is 21.5 Å². The predicted molar refractivity (Wildman–Crippen MR) is 158 cm³/mol. The van der Waals surface area contributed by atoms with Crippen molar-refractivity contribution < 1.29 is 19.8 Å². The highest BCUT2D eigenvalue weighted by Crippen LogP contribution is 2.31. The number of unbranched alkanes of at least 4 members (excludes halogenated alkanes) is 1. The molecule has 6 aromatic rings. The van der Waals surface area contributed by atoms with Gasteiger partial charge in [0.2, 0.25) is 11.8 Å². The number of phenols is 2. The van der Waals surface area contributed by atoms with Gasteiger partial charge in [-0.2, -0.15) is 0 Å². The van der Waals surface area contributed by atoms with E-state index in [1.807, 2.05) is 48.5 Å². The van der Waals surface area contributed by atoms with Crippen LogP contribution in [-0.4, -0.2) is 32.0 Å². The summed E-state index contributed by atoms with van der Waals surface area (Å²) >= 11 is 0. The molecule has 6 rings (SSSR count). The molecule has 0 atom stereocenters. The molecule has 0 aliphatic carbocycles. The van der Waals surface area contributed by atoms with Crippen molar-refractivity contribution in [3.63, 3.8) is 0 Å². The summed E-state index contributed by atoms with van der Waals surface area (Å²) in [5.41, 5.74) is 3.33. The van der Waals surface area contributed by atoms with Crippen LogP contribution in [0.5, 0.6) is 11.5 Å². The maximum Gasteiger partial charge on any atom is 0.224 e. The van der Waals surface area contributed by atoms with Crippen LogP contribution in [-0.2, 0) is 9.59 Å². The summed E-state index contributed by atoms with van der Waals surface area (Å²) in [6.07, 6.45) is 1.58. The minimum atomic E-state index is -0.169. The van der Waals surface area contributed by atoms with Crippen LogP contribution >= 0.6 is 0 Å². The Morgan fingerprint density at radius 1 is 0.550 bits per heavy atom. The van der Waals surface area contributed by atoms with Crippen LogP contribution in [0, 0.1) is 0 Å². The smallest absolute Gasteiger partial charge is 0.224 e. The third-order valence-corrected chi connectivity index (χ3v) is 6.90. The molecule has 0 aliphatic heterocycles. The summed E-state index contributed by atoms with van der Waals surface area (Å²) in [5.74, 6) is -0.164. The van der Waals surface area contributed by atoms with E-state index < -0.39 is 0 Å². The van der Waals surface area contributed by atoms with E-state index in [-0.39, 0.29) is 36.2 Å². The first-order valence-corrected chi connectivity index (χ1v) is 13.1. The zero-order valence-electron chi connectivity index (χ0n) is 21.5. The molecule has 4 N–H and O–H groups in total. The van der Waals surface area contributed by atoms with Crippen molar-refractivity contribution in [2.75, 3.05) is 10.6 Å². The van der Waals surface area contributed by atoms with Gasteiger partial charge in [-0.3, -0.25) is 9.59 Å². The standard InChI is InChI=1S/C32H26N4O4/c37-25-13-5-9-21-17-19-7-3-11-23(29(19)35-31(21)25)33-27(39)15-1-2-16-28(40)34-24-12-4-8-20-18-22-10-6-14-26(38)32(22)36-30(20)24/h3-14,17-18,37-38H,1-2,15-16H2,(H,33,39)(H,34,40). The Kier molecular flexibility index (Phi) is 6.57. The molecule has 198 valence electrons. The number of nitrogens with zero attached hydrogens (tertiary/aromatic N) is 2. The Labute approximate surface area is 229 Å². The second-order valence-corrected chi connectivity index (χ2v) is 9.73. The number of para-hydroxylation sites is 4. The van der Waals surface area contributed by atoms with E-state index in [4.69, 9.17) is 0 Å². The molecule has 2 aromatic heterocycles. The first kappa shape index (κ1) is 25.1. The van der Waals surface area contributed by atoms with E-state index in [1.165, 1.54) is 0 Å². The van der Waals surface area contributed by atoms with Gasteiger partial charge in [-0.1, -0.05) is 48.5 Å².